The molecule has 0 aliphatic carbocycles. The monoisotopic (exact) mass is 187 g/mol. The molecule has 0 saturated heterocycles. The summed E-state index contributed by atoms with van der Waals surface area (Å²) in [5, 5.41) is 0. The third-order valence-corrected chi connectivity index (χ3v) is 0.287. The zero-order valence-electron chi connectivity index (χ0n) is 4.01. The summed E-state index contributed by atoms with van der Waals surface area (Å²) in [6, 6.07) is 0. The minimum Gasteiger partial charge on any atom is -0.450 e. The normalized spacial score (nSPS) is 6.43. The van der Waals surface area contributed by atoms with E-state index in [1.165, 1.54) is 0 Å². The molecule has 0 aromatic carbocycles. The number of amides is 1. The summed E-state index contributed by atoms with van der Waals surface area (Å²) in [6.07, 6.45) is -0.711. The molecule has 0 saturated carbocycles. The van der Waals surface area contributed by atoms with Crippen molar-refractivity contribution in [1.29, 1.82) is 0 Å². The second-order valence-corrected chi connectivity index (χ2v) is 0.752. The van der Waals surface area contributed by atoms with E-state index in [1.54, 1.807) is 6.92 Å². The SMILES string of the molecule is CCOC(N)=O.[Mo]. The van der Waals surface area contributed by atoms with Gasteiger partial charge < -0.3 is 10.5 Å². The van der Waals surface area contributed by atoms with Crippen LogP contribution in [-0.2, 0) is 25.8 Å². The molecule has 0 aliphatic rings. The zero-order valence-corrected chi connectivity index (χ0v) is 6.02. The summed E-state index contributed by atoms with van der Waals surface area (Å²) in [6.45, 7) is 2.06. The maximum absolute atomic E-state index is 9.60. The van der Waals surface area contributed by atoms with Crippen molar-refractivity contribution in [2.24, 2.45) is 5.73 Å². The van der Waals surface area contributed by atoms with Gasteiger partial charge in [-0.1, -0.05) is 0 Å². The van der Waals surface area contributed by atoms with Crippen LogP contribution in [0.5, 0.6) is 0 Å². The minimum atomic E-state index is -0.711. The maximum Gasteiger partial charge on any atom is 0.404 e. The average Bonchev–Trinajstić information content (AvgIpc) is 1.35. The molecule has 0 unspecified atom stereocenters. The number of primary amides is 1. The van der Waals surface area contributed by atoms with E-state index in [2.05, 4.69) is 10.5 Å². The molecule has 0 aromatic rings. The van der Waals surface area contributed by atoms with Gasteiger partial charge in [-0.15, -0.1) is 0 Å². The predicted molar refractivity (Wildman–Crippen MR) is 21.2 cm³/mol. The van der Waals surface area contributed by atoms with Gasteiger partial charge in [-0.05, 0) is 6.92 Å². The van der Waals surface area contributed by atoms with Crippen LogP contribution in [-0.4, -0.2) is 12.7 Å². The summed E-state index contributed by atoms with van der Waals surface area (Å²) in [7, 11) is 0. The number of hydrogen-bond donors (Lipinski definition) is 1. The van der Waals surface area contributed by atoms with E-state index in [4.69, 9.17) is 0 Å². The molecule has 0 radical (unpaired) electrons. The van der Waals surface area contributed by atoms with Crippen molar-refractivity contribution < 1.29 is 30.6 Å². The van der Waals surface area contributed by atoms with Gasteiger partial charge in [0.15, 0.2) is 0 Å². The van der Waals surface area contributed by atoms with Crippen molar-refractivity contribution in [3.8, 4) is 0 Å². The van der Waals surface area contributed by atoms with E-state index in [0.717, 1.165) is 0 Å². The van der Waals surface area contributed by atoms with Crippen molar-refractivity contribution in [3.05, 3.63) is 0 Å². The molecular formula is C3H7MoNO2. The van der Waals surface area contributed by atoms with Gasteiger partial charge in [-0.3, -0.25) is 0 Å². The topological polar surface area (TPSA) is 52.3 Å². The van der Waals surface area contributed by atoms with Crippen LogP contribution in [0.25, 0.3) is 0 Å². The standard InChI is InChI=1S/C3H7NO2.Mo/c1-2-6-3(4)5;/h2H2,1H3,(H2,4,5);. The predicted octanol–water partition coefficient (Wildman–Crippen LogP) is 0.0991. The molecule has 0 rings (SSSR count). The molecule has 1 amide bonds. The van der Waals surface area contributed by atoms with Crippen molar-refractivity contribution in [2.45, 2.75) is 6.92 Å². The fourth-order valence-electron chi connectivity index (χ4n) is 0.142. The van der Waals surface area contributed by atoms with Crippen LogP contribution in [0, 0.1) is 0 Å². The molecule has 2 N–H and O–H groups in total. The van der Waals surface area contributed by atoms with Gasteiger partial charge in [0.2, 0.25) is 0 Å². The van der Waals surface area contributed by atoms with Crippen molar-refractivity contribution >= 4 is 6.09 Å². The number of carbonyl (C=O) groups is 1. The van der Waals surface area contributed by atoms with Crippen LogP contribution < -0.4 is 5.73 Å². The Labute approximate surface area is 56.5 Å². The van der Waals surface area contributed by atoms with E-state index >= 15 is 0 Å². The number of ether oxygens (including phenoxy) is 1. The maximum atomic E-state index is 9.60. The Morgan fingerprint density at radius 3 is 2.29 bits per heavy atom. The van der Waals surface area contributed by atoms with Crippen LogP contribution in [0.15, 0.2) is 0 Å². The van der Waals surface area contributed by atoms with Crippen LogP contribution in [0.4, 0.5) is 4.79 Å². The fraction of sp³-hybridized carbons (Fsp3) is 0.667. The Hall–Kier alpha value is -0.0417. The first-order valence-electron chi connectivity index (χ1n) is 1.69. The number of hydrogen-bond acceptors (Lipinski definition) is 2. The molecule has 0 spiro atoms. The molecule has 0 fully saturated rings. The molecule has 0 aliphatic heterocycles. The summed E-state index contributed by atoms with van der Waals surface area (Å²) in [5.74, 6) is 0. The summed E-state index contributed by atoms with van der Waals surface area (Å²) in [4.78, 5) is 9.60. The Morgan fingerprint density at radius 1 is 1.86 bits per heavy atom. The second-order valence-electron chi connectivity index (χ2n) is 0.752. The third kappa shape index (κ3) is 10.7. The first kappa shape index (κ1) is 10.0. The molecule has 42 valence electrons. The molecule has 0 bridgehead atoms. The van der Waals surface area contributed by atoms with E-state index in [9.17, 15) is 4.79 Å². The first-order valence-corrected chi connectivity index (χ1v) is 1.69. The fourth-order valence-corrected chi connectivity index (χ4v) is 0.142. The number of carbonyl (C=O) groups excluding carboxylic acids is 1. The average molecular weight is 185 g/mol. The Morgan fingerprint density at radius 2 is 2.29 bits per heavy atom. The van der Waals surface area contributed by atoms with Gasteiger partial charge in [0.05, 0.1) is 6.61 Å². The summed E-state index contributed by atoms with van der Waals surface area (Å²) in [5.41, 5.74) is 4.54. The van der Waals surface area contributed by atoms with Crippen LogP contribution in [0.3, 0.4) is 0 Å². The van der Waals surface area contributed by atoms with Crippen LogP contribution in [0.2, 0.25) is 0 Å². The number of nitrogens with two attached hydrogens (primary N) is 1. The Kier molecular flexibility index (Phi) is 8.55. The van der Waals surface area contributed by atoms with Gasteiger partial charge in [-0.2, -0.15) is 0 Å². The quantitative estimate of drug-likeness (QED) is 0.589. The molecule has 7 heavy (non-hydrogen) atoms. The Balaban J connectivity index is 0. The molecule has 0 heterocycles. The largest absolute Gasteiger partial charge is 0.450 e. The molecule has 4 heteroatoms. The van der Waals surface area contributed by atoms with Crippen LogP contribution >= 0.6 is 0 Å². The first-order chi connectivity index (χ1) is 2.77. The molecule has 3 nitrogen and oxygen atoms in total. The van der Waals surface area contributed by atoms with Crippen molar-refractivity contribution in [3.63, 3.8) is 0 Å². The van der Waals surface area contributed by atoms with Gasteiger partial charge in [0.1, 0.15) is 0 Å². The second kappa shape index (κ2) is 5.96. The van der Waals surface area contributed by atoms with Gasteiger partial charge in [0.25, 0.3) is 0 Å². The molecule has 0 atom stereocenters. The van der Waals surface area contributed by atoms with Crippen molar-refractivity contribution in [1.82, 2.24) is 0 Å². The molecular weight excluding hydrogens is 178 g/mol. The van der Waals surface area contributed by atoms with Crippen LogP contribution in [0.1, 0.15) is 6.92 Å². The summed E-state index contributed by atoms with van der Waals surface area (Å²) < 4.78 is 4.18. The van der Waals surface area contributed by atoms with E-state index < -0.39 is 6.09 Å². The van der Waals surface area contributed by atoms with E-state index in [1.807, 2.05) is 0 Å². The Bertz CT molecular complexity index is 56.9. The van der Waals surface area contributed by atoms with E-state index in [0.29, 0.717) is 6.61 Å². The third-order valence-electron chi connectivity index (χ3n) is 0.287. The number of rotatable bonds is 1. The zero-order chi connectivity index (χ0) is 4.99. The van der Waals surface area contributed by atoms with Crippen molar-refractivity contribution in [2.75, 3.05) is 6.61 Å². The van der Waals surface area contributed by atoms with Gasteiger partial charge in [0, 0.05) is 21.1 Å². The smallest absolute Gasteiger partial charge is 0.404 e. The molecule has 0 aromatic heterocycles. The van der Waals surface area contributed by atoms with E-state index in [-0.39, 0.29) is 21.1 Å². The van der Waals surface area contributed by atoms with Gasteiger partial charge in [-0.25, -0.2) is 4.79 Å². The summed E-state index contributed by atoms with van der Waals surface area (Å²) >= 11 is 0. The minimum absolute atomic E-state index is 0. The van der Waals surface area contributed by atoms with Gasteiger partial charge >= 0.3 is 6.09 Å².